The Kier molecular flexibility index (Phi) is 4.78. The van der Waals surface area contributed by atoms with Gasteiger partial charge >= 0.3 is 5.97 Å². The van der Waals surface area contributed by atoms with E-state index in [0.29, 0.717) is 6.61 Å². The van der Waals surface area contributed by atoms with Crippen LogP contribution in [0.3, 0.4) is 0 Å². The van der Waals surface area contributed by atoms with Crippen LogP contribution in [0.25, 0.3) is 0 Å². The molecular formula is C12H15Cl2NO2. The first-order valence-corrected chi connectivity index (χ1v) is 6.03. The Bertz CT molecular complexity index is 413. The fourth-order valence-electron chi connectivity index (χ4n) is 1.10. The molecule has 94 valence electrons. The second-order valence-corrected chi connectivity index (χ2v) is 5.73. The monoisotopic (exact) mass is 275 g/mol. The van der Waals surface area contributed by atoms with Crippen LogP contribution in [0.5, 0.6) is 0 Å². The van der Waals surface area contributed by atoms with E-state index in [1.807, 2.05) is 0 Å². The molecule has 0 N–H and O–H groups in total. The summed E-state index contributed by atoms with van der Waals surface area (Å²) in [5.41, 5.74) is 0.375. The zero-order valence-electron chi connectivity index (χ0n) is 10.1. The van der Waals surface area contributed by atoms with Crippen molar-refractivity contribution in [3.05, 3.63) is 28.0 Å². The zero-order valence-corrected chi connectivity index (χ0v) is 11.6. The molecule has 0 unspecified atom stereocenters. The Hall–Kier alpha value is -0.800. The van der Waals surface area contributed by atoms with E-state index >= 15 is 0 Å². The van der Waals surface area contributed by atoms with Crippen molar-refractivity contribution in [1.29, 1.82) is 0 Å². The molecule has 5 heteroatoms. The summed E-state index contributed by atoms with van der Waals surface area (Å²) < 4.78 is 5.13. The second kappa shape index (κ2) is 5.69. The summed E-state index contributed by atoms with van der Waals surface area (Å²) in [6, 6.07) is 1.41. The van der Waals surface area contributed by atoms with Crippen LogP contribution in [0, 0.1) is 5.41 Å². The van der Waals surface area contributed by atoms with Crippen LogP contribution in [0.2, 0.25) is 10.2 Å². The van der Waals surface area contributed by atoms with Crippen molar-refractivity contribution in [3.8, 4) is 0 Å². The van der Waals surface area contributed by atoms with Gasteiger partial charge in [-0.1, -0.05) is 44.0 Å². The van der Waals surface area contributed by atoms with Gasteiger partial charge in [0.25, 0.3) is 0 Å². The number of halogens is 2. The van der Waals surface area contributed by atoms with Gasteiger partial charge in [-0.15, -0.1) is 0 Å². The number of rotatable bonds is 3. The Balaban J connectivity index is 2.61. The minimum Gasteiger partial charge on any atom is -0.462 e. The van der Waals surface area contributed by atoms with E-state index in [1.54, 1.807) is 0 Å². The molecule has 0 radical (unpaired) electrons. The lowest BCUT2D eigenvalue weighted by Gasteiger charge is -2.17. The summed E-state index contributed by atoms with van der Waals surface area (Å²) in [6.07, 6.45) is 2.12. The predicted molar refractivity (Wildman–Crippen MR) is 68.6 cm³/mol. The maximum atomic E-state index is 11.7. The number of hydrogen-bond donors (Lipinski definition) is 0. The average Bonchev–Trinajstić information content (AvgIpc) is 2.19. The molecule has 0 saturated heterocycles. The Morgan fingerprint density at radius 2 is 2.06 bits per heavy atom. The molecule has 0 aliphatic rings. The second-order valence-electron chi connectivity index (χ2n) is 4.93. The van der Waals surface area contributed by atoms with E-state index in [9.17, 15) is 4.79 Å². The molecule has 17 heavy (non-hydrogen) atoms. The van der Waals surface area contributed by atoms with Crippen LogP contribution >= 0.6 is 23.2 Å². The van der Waals surface area contributed by atoms with Crippen LogP contribution in [0.15, 0.2) is 12.3 Å². The van der Waals surface area contributed by atoms with Crippen molar-refractivity contribution in [2.75, 3.05) is 6.61 Å². The van der Waals surface area contributed by atoms with Crippen molar-refractivity contribution in [3.63, 3.8) is 0 Å². The summed E-state index contributed by atoms with van der Waals surface area (Å²) in [7, 11) is 0. The van der Waals surface area contributed by atoms with E-state index < -0.39 is 5.97 Å². The Morgan fingerprint density at radius 3 is 2.65 bits per heavy atom. The van der Waals surface area contributed by atoms with Crippen LogP contribution < -0.4 is 0 Å². The number of ether oxygens (including phenoxy) is 1. The lowest BCUT2D eigenvalue weighted by molar-refractivity contribution is 0.0465. The zero-order chi connectivity index (χ0) is 13.1. The summed E-state index contributed by atoms with van der Waals surface area (Å²) in [5.74, 6) is -0.469. The summed E-state index contributed by atoms with van der Waals surface area (Å²) in [5, 5.41) is 0.465. The van der Waals surface area contributed by atoms with Crippen molar-refractivity contribution in [1.82, 2.24) is 4.98 Å². The topological polar surface area (TPSA) is 39.2 Å². The molecule has 0 aromatic carbocycles. The van der Waals surface area contributed by atoms with Crippen molar-refractivity contribution in [2.24, 2.45) is 5.41 Å². The highest BCUT2D eigenvalue weighted by Gasteiger charge is 2.15. The fourth-order valence-corrected chi connectivity index (χ4v) is 1.44. The molecule has 0 fully saturated rings. The largest absolute Gasteiger partial charge is 0.462 e. The molecule has 0 atom stereocenters. The van der Waals surface area contributed by atoms with Gasteiger partial charge in [-0.3, -0.25) is 0 Å². The minimum atomic E-state index is -0.469. The van der Waals surface area contributed by atoms with Gasteiger partial charge < -0.3 is 4.74 Å². The fraction of sp³-hybridized carbons (Fsp3) is 0.500. The van der Waals surface area contributed by atoms with Crippen LogP contribution in [-0.2, 0) is 4.74 Å². The molecule has 1 rings (SSSR count). The molecule has 0 aliphatic carbocycles. The quantitative estimate of drug-likeness (QED) is 0.619. The molecule has 0 aliphatic heterocycles. The SMILES string of the molecule is CC(C)(C)CCOC(=O)c1cc(Cl)ncc1Cl. The number of carbonyl (C=O) groups is 1. The van der Waals surface area contributed by atoms with Crippen LogP contribution in [0.4, 0.5) is 0 Å². The number of pyridine rings is 1. The molecule has 0 bridgehead atoms. The van der Waals surface area contributed by atoms with Gasteiger partial charge in [0.05, 0.1) is 17.2 Å². The van der Waals surface area contributed by atoms with Gasteiger partial charge in [0, 0.05) is 6.20 Å². The van der Waals surface area contributed by atoms with Crippen LogP contribution in [-0.4, -0.2) is 17.6 Å². The maximum absolute atomic E-state index is 11.7. The summed E-state index contributed by atoms with van der Waals surface area (Å²) in [6.45, 7) is 6.60. The molecule has 0 saturated carbocycles. The highest BCUT2D eigenvalue weighted by Crippen LogP contribution is 2.21. The third-order valence-corrected chi connectivity index (χ3v) is 2.63. The molecule has 0 spiro atoms. The van der Waals surface area contributed by atoms with Gasteiger partial charge in [-0.25, -0.2) is 9.78 Å². The number of aromatic nitrogens is 1. The number of hydrogen-bond acceptors (Lipinski definition) is 3. The van der Waals surface area contributed by atoms with Crippen molar-refractivity contribution < 1.29 is 9.53 Å². The first-order chi connectivity index (χ1) is 7.79. The van der Waals surface area contributed by atoms with Crippen molar-refractivity contribution >= 4 is 29.2 Å². The van der Waals surface area contributed by atoms with Gasteiger partial charge in [0.2, 0.25) is 0 Å². The highest BCUT2D eigenvalue weighted by molar-refractivity contribution is 6.34. The number of nitrogens with zero attached hydrogens (tertiary/aromatic N) is 1. The normalized spacial score (nSPS) is 11.4. The van der Waals surface area contributed by atoms with E-state index in [-0.39, 0.29) is 21.2 Å². The maximum Gasteiger partial charge on any atom is 0.339 e. The first kappa shape index (κ1) is 14.3. The average molecular weight is 276 g/mol. The summed E-state index contributed by atoms with van der Waals surface area (Å²) >= 11 is 11.5. The molecule has 3 nitrogen and oxygen atoms in total. The lowest BCUT2D eigenvalue weighted by Crippen LogP contribution is -2.13. The van der Waals surface area contributed by atoms with Gasteiger partial charge in [-0.05, 0) is 17.9 Å². The molecule has 1 heterocycles. The molecule has 1 aromatic rings. The Labute approximate surface area is 111 Å². The van der Waals surface area contributed by atoms with Gasteiger partial charge in [0.15, 0.2) is 0 Å². The predicted octanol–water partition coefficient (Wildman–Crippen LogP) is 3.98. The lowest BCUT2D eigenvalue weighted by atomic mass is 9.93. The third-order valence-electron chi connectivity index (χ3n) is 2.13. The number of carbonyl (C=O) groups excluding carboxylic acids is 1. The van der Waals surface area contributed by atoms with Gasteiger partial charge in [0.1, 0.15) is 5.15 Å². The summed E-state index contributed by atoms with van der Waals surface area (Å²) in [4.78, 5) is 15.5. The Morgan fingerprint density at radius 1 is 1.41 bits per heavy atom. The molecule has 1 aromatic heterocycles. The van der Waals surface area contributed by atoms with E-state index in [1.165, 1.54) is 12.3 Å². The van der Waals surface area contributed by atoms with E-state index in [4.69, 9.17) is 27.9 Å². The number of esters is 1. The minimum absolute atomic E-state index is 0.125. The molecular weight excluding hydrogens is 261 g/mol. The smallest absolute Gasteiger partial charge is 0.339 e. The van der Waals surface area contributed by atoms with E-state index in [2.05, 4.69) is 25.8 Å². The highest BCUT2D eigenvalue weighted by atomic mass is 35.5. The van der Waals surface area contributed by atoms with Crippen molar-refractivity contribution in [2.45, 2.75) is 27.2 Å². The molecule has 0 amide bonds. The van der Waals surface area contributed by atoms with E-state index in [0.717, 1.165) is 6.42 Å². The van der Waals surface area contributed by atoms with Crippen LogP contribution in [0.1, 0.15) is 37.6 Å². The third kappa shape index (κ3) is 4.92. The van der Waals surface area contributed by atoms with Gasteiger partial charge in [-0.2, -0.15) is 0 Å². The standard InChI is InChI=1S/C12H15Cl2NO2/c1-12(2,3)4-5-17-11(16)8-6-10(14)15-7-9(8)13/h6-7H,4-5H2,1-3H3. The first-order valence-electron chi connectivity index (χ1n) is 5.28.